The van der Waals surface area contributed by atoms with Crippen molar-refractivity contribution in [2.45, 2.75) is 32.4 Å². The highest BCUT2D eigenvalue weighted by molar-refractivity contribution is 5.78. The third kappa shape index (κ3) is 2.79. The third-order valence-corrected chi connectivity index (χ3v) is 3.73. The van der Waals surface area contributed by atoms with Gasteiger partial charge in [0, 0.05) is 18.7 Å². The largest absolute Gasteiger partial charge is 0.381 e. The Hall–Kier alpha value is -1.40. The van der Waals surface area contributed by atoms with Crippen molar-refractivity contribution in [1.82, 2.24) is 9.55 Å². The number of nitrogens with two attached hydrogens (primary N) is 2. The number of carbonyl (C=O) groups excluding carboxylic acids is 1. The van der Waals surface area contributed by atoms with Crippen LogP contribution in [0.25, 0.3) is 0 Å². The molecule has 2 heterocycles. The predicted molar refractivity (Wildman–Crippen MR) is 71.2 cm³/mol. The second-order valence-electron chi connectivity index (χ2n) is 5.47. The summed E-state index contributed by atoms with van der Waals surface area (Å²) < 4.78 is 7.19. The van der Waals surface area contributed by atoms with Gasteiger partial charge in [0.25, 0.3) is 0 Å². The maximum Gasteiger partial charge on any atom is 0.240 e. The summed E-state index contributed by atoms with van der Waals surface area (Å²) in [4.78, 5) is 15.8. The van der Waals surface area contributed by atoms with E-state index in [1.807, 2.05) is 18.4 Å². The van der Waals surface area contributed by atoms with E-state index in [1.165, 1.54) is 0 Å². The van der Waals surface area contributed by atoms with Crippen LogP contribution in [0.5, 0.6) is 0 Å². The van der Waals surface area contributed by atoms with Crippen molar-refractivity contribution in [2.24, 2.45) is 23.3 Å². The number of hydrogen-bond acceptors (Lipinski definition) is 4. The Morgan fingerprint density at radius 1 is 1.58 bits per heavy atom. The van der Waals surface area contributed by atoms with Crippen LogP contribution in [0.1, 0.15) is 38.0 Å². The Bertz CT molecular complexity index is 438. The first-order valence-corrected chi connectivity index (χ1v) is 6.66. The number of ether oxygens (including phenoxy) is 1. The Morgan fingerprint density at radius 2 is 2.32 bits per heavy atom. The summed E-state index contributed by atoms with van der Waals surface area (Å²) in [5, 5.41) is 0. The van der Waals surface area contributed by atoms with E-state index in [-0.39, 0.29) is 23.8 Å². The SMILES string of the molecule is CC(C)C(C(N)=O)n1cncc1C(N)C1CCOC1. The van der Waals surface area contributed by atoms with Gasteiger partial charge in [-0.15, -0.1) is 0 Å². The average molecular weight is 266 g/mol. The molecule has 0 bridgehead atoms. The van der Waals surface area contributed by atoms with E-state index in [2.05, 4.69) is 4.98 Å². The van der Waals surface area contributed by atoms with Gasteiger partial charge in [-0.25, -0.2) is 4.98 Å². The molecule has 1 amide bonds. The number of nitrogens with zero attached hydrogens (tertiary/aromatic N) is 2. The molecule has 0 spiro atoms. The van der Waals surface area contributed by atoms with Crippen molar-refractivity contribution >= 4 is 5.91 Å². The molecule has 3 atom stereocenters. The highest BCUT2D eigenvalue weighted by atomic mass is 16.5. The van der Waals surface area contributed by atoms with Gasteiger partial charge in [0.2, 0.25) is 5.91 Å². The molecule has 1 fully saturated rings. The Balaban J connectivity index is 2.27. The van der Waals surface area contributed by atoms with Crippen LogP contribution in [0.15, 0.2) is 12.5 Å². The van der Waals surface area contributed by atoms with Crippen LogP contribution >= 0.6 is 0 Å². The molecule has 0 aromatic carbocycles. The van der Waals surface area contributed by atoms with E-state index in [4.69, 9.17) is 16.2 Å². The van der Waals surface area contributed by atoms with Gasteiger partial charge in [-0.3, -0.25) is 4.79 Å². The molecule has 0 aliphatic carbocycles. The highest BCUT2D eigenvalue weighted by Crippen LogP contribution is 2.29. The molecule has 1 aromatic rings. The van der Waals surface area contributed by atoms with Crippen molar-refractivity contribution in [1.29, 1.82) is 0 Å². The molecule has 4 N–H and O–H groups in total. The number of aromatic nitrogens is 2. The number of amides is 1. The fraction of sp³-hybridized carbons (Fsp3) is 0.692. The lowest BCUT2D eigenvalue weighted by molar-refractivity contribution is -0.122. The Labute approximate surface area is 113 Å². The lowest BCUT2D eigenvalue weighted by Crippen LogP contribution is -2.33. The van der Waals surface area contributed by atoms with Crippen molar-refractivity contribution < 1.29 is 9.53 Å². The van der Waals surface area contributed by atoms with Crippen LogP contribution in [0.3, 0.4) is 0 Å². The predicted octanol–water partition coefficient (Wildman–Crippen LogP) is 0.602. The number of rotatable bonds is 5. The van der Waals surface area contributed by atoms with Gasteiger partial charge in [0.05, 0.1) is 24.7 Å². The molecule has 0 saturated carbocycles. The molecular weight excluding hydrogens is 244 g/mol. The molecule has 1 saturated heterocycles. The molecule has 1 aliphatic heterocycles. The third-order valence-electron chi connectivity index (χ3n) is 3.73. The van der Waals surface area contributed by atoms with Crippen LogP contribution in [-0.4, -0.2) is 28.7 Å². The summed E-state index contributed by atoms with van der Waals surface area (Å²) in [5.74, 6) is 0.0118. The number of hydrogen-bond donors (Lipinski definition) is 2. The topological polar surface area (TPSA) is 96.2 Å². The summed E-state index contributed by atoms with van der Waals surface area (Å²) in [6.45, 7) is 5.33. The number of carbonyl (C=O) groups is 1. The average Bonchev–Trinajstić information content (AvgIpc) is 2.98. The first-order chi connectivity index (χ1) is 9.02. The number of imidazole rings is 1. The van der Waals surface area contributed by atoms with Crippen molar-refractivity contribution in [3.05, 3.63) is 18.2 Å². The Kier molecular flexibility index (Phi) is 4.21. The zero-order chi connectivity index (χ0) is 14.0. The summed E-state index contributed by atoms with van der Waals surface area (Å²) in [5.41, 5.74) is 12.6. The maximum atomic E-state index is 11.6. The monoisotopic (exact) mass is 266 g/mol. The van der Waals surface area contributed by atoms with Gasteiger partial charge in [-0.2, -0.15) is 0 Å². The molecule has 106 valence electrons. The minimum Gasteiger partial charge on any atom is -0.381 e. The van der Waals surface area contributed by atoms with Crippen LogP contribution in [0.4, 0.5) is 0 Å². The van der Waals surface area contributed by atoms with Crippen molar-refractivity contribution in [3.63, 3.8) is 0 Å². The van der Waals surface area contributed by atoms with Crippen molar-refractivity contribution in [2.75, 3.05) is 13.2 Å². The van der Waals surface area contributed by atoms with Gasteiger partial charge < -0.3 is 20.8 Å². The molecule has 2 rings (SSSR count). The number of primary amides is 1. The van der Waals surface area contributed by atoms with Crippen LogP contribution in [0, 0.1) is 11.8 Å². The molecule has 0 radical (unpaired) electrons. The lowest BCUT2D eigenvalue weighted by Gasteiger charge is -2.25. The van der Waals surface area contributed by atoms with E-state index < -0.39 is 6.04 Å². The smallest absolute Gasteiger partial charge is 0.240 e. The van der Waals surface area contributed by atoms with Crippen LogP contribution in [0.2, 0.25) is 0 Å². The zero-order valence-electron chi connectivity index (χ0n) is 11.5. The lowest BCUT2D eigenvalue weighted by atomic mass is 9.96. The van der Waals surface area contributed by atoms with Crippen LogP contribution < -0.4 is 11.5 Å². The second-order valence-corrected chi connectivity index (χ2v) is 5.47. The first-order valence-electron chi connectivity index (χ1n) is 6.66. The summed E-state index contributed by atoms with van der Waals surface area (Å²) in [7, 11) is 0. The van der Waals surface area contributed by atoms with E-state index in [9.17, 15) is 4.79 Å². The fourth-order valence-corrected chi connectivity index (χ4v) is 2.67. The van der Waals surface area contributed by atoms with E-state index in [1.54, 1.807) is 12.5 Å². The van der Waals surface area contributed by atoms with E-state index in [0.717, 1.165) is 18.7 Å². The normalized spacial score (nSPS) is 22.6. The first kappa shape index (κ1) is 14.0. The molecule has 1 aliphatic rings. The maximum absolute atomic E-state index is 11.6. The Morgan fingerprint density at radius 3 is 2.84 bits per heavy atom. The summed E-state index contributed by atoms with van der Waals surface area (Å²) in [6.07, 6.45) is 4.30. The molecular formula is C13H22N4O2. The zero-order valence-corrected chi connectivity index (χ0v) is 11.5. The minimum absolute atomic E-state index is 0.0949. The highest BCUT2D eigenvalue weighted by Gasteiger charge is 2.30. The summed E-state index contributed by atoms with van der Waals surface area (Å²) in [6, 6.07) is -0.587. The molecule has 6 nitrogen and oxygen atoms in total. The minimum atomic E-state index is -0.411. The molecule has 19 heavy (non-hydrogen) atoms. The standard InChI is InChI=1S/C13H22N4O2/c1-8(2)12(13(15)18)17-7-16-5-10(17)11(14)9-3-4-19-6-9/h5,7-9,11-12H,3-4,6,14H2,1-2H3,(H2,15,18). The van der Waals surface area contributed by atoms with E-state index >= 15 is 0 Å². The van der Waals surface area contributed by atoms with E-state index in [0.29, 0.717) is 6.61 Å². The van der Waals surface area contributed by atoms with Crippen LogP contribution in [-0.2, 0) is 9.53 Å². The van der Waals surface area contributed by atoms with Gasteiger partial charge in [-0.05, 0) is 12.3 Å². The van der Waals surface area contributed by atoms with Crippen molar-refractivity contribution in [3.8, 4) is 0 Å². The van der Waals surface area contributed by atoms with Gasteiger partial charge >= 0.3 is 0 Å². The molecule has 6 heteroatoms. The van der Waals surface area contributed by atoms with Gasteiger partial charge in [0.15, 0.2) is 0 Å². The molecule has 1 aromatic heterocycles. The van der Waals surface area contributed by atoms with Gasteiger partial charge in [-0.1, -0.05) is 13.8 Å². The summed E-state index contributed by atoms with van der Waals surface area (Å²) >= 11 is 0. The molecule has 3 unspecified atom stereocenters. The fourth-order valence-electron chi connectivity index (χ4n) is 2.67. The van der Waals surface area contributed by atoms with Gasteiger partial charge in [0.1, 0.15) is 6.04 Å². The second kappa shape index (κ2) is 5.71. The quantitative estimate of drug-likeness (QED) is 0.815.